The summed E-state index contributed by atoms with van der Waals surface area (Å²) < 4.78 is 32.4. The summed E-state index contributed by atoms with van der Waals surface area (Å²) in [4.78, 5) is 0. The number of benzene rings is 1. The van der Waals surface area contributed by atoms with E-state index in [1.54, 1.807) is 6.92 Å². The summed E-state index contributed by atoms with van der Waals surface area (Å²) in [7, 11) is 0. The van der Waals surface area contributed by atoms with Crippen molar-refractivity contribution in [1.82, 2.24) is 5.32 Å². The minimum atomic E-state index is -0.522. The Morgan fingerprint density at radius 1 is 1.24 bits per heavy atom. The van der Waals surface area contributed by atoms with Crippen LogP contribution in [-0.2, 0) is 6.54 Å². The molecule has 0 amide bonds. The number of fused-ring (bicyclic) bond motifs is 1. The Labute approximate surface area is 98.6 Å². The van der Waals surface area contributed by atoms with Crippen LogP contribution in [0.3, 0.4) is 0 Å². The smallest absolute Gasteiger partial charge is 0.173 e. The van der Waals surface area contributed by atoms with Crippen molar-refractivity contribution >= 4 is 11.0 Å². The maximum Gasteiger partial charge on any atom is 0.173 e. The average molecular weight is 239 g/mol. The van der Waals surface area contributed by atoms with Gasteiger partial charge in [0.25, 0.3) is 0 Å². The standard InChI is InChI=1S/C13H15F2NO/c1-3-6-16-7-11-8(2)12-9(14)4-5-10(15)13(12)17-11/h4-5,16H,3,6-7H2,1-2H3. The molecule has 0 aliphatic heterocycles. The van der Waals surface area contributed by atoms with E-state index in [1.807, 2.05) is 0 Å². The number of aryl methyl sites for hydroxylation is 1. The molecule has 17 heavy (non-hydrogen) atoms. The fourth-order valence-electron chi connectivity index (χ4n) is 1.87. The zero-order valence-electron chi connectivity index (χ0n) is 9.94. The SMILES string of the molecule is CCCNCc1oc2c(F)ccc(F)c2c1C. The highest BCUT2D eigenvalue weighted by Crippen LogP contribution is 2.29. The zero-order valence-corrected chi connectivity index (χ0v) is 9.94. The minimum Gasteiger partial charge on any atom is -0.456 e. The molecule has 2 aromatic rings. The van der Waals surface area contributed by atoms with Crippen LogP contribution in [0.2, 0.25) is 0 Å². The fourth-order valence-corrected chi connectivity index (χ4v) is 1.87. The van der Waals surface area contributed by atoms with E-state index < -0.39 is 11.6 Å². The lowest BCUT2D eigenvalue weighted by atomic mass is 10.1. The van der Waals surface area contributed by atoms with Crippen LogP contribution in [0.15, 0.2) is 16.5 Å². The lowest BCUT2D eigenvalue weighted by molar-refractivity contribution is 0.491. The Morgan fingerprint density at radius 3 is 2.59 bits per heavy atom. The topological polar surface area (TPSA) is 25.2 Å². The van der Waals surface area contributed by atoms with Crippen LogP contribution in [0.25, 0.3) is 11.0 Å². The molecule has 1 N–H and O–H groups in total. The van der Waals surface area contributed by atoms with Gasteiger partial charge in [-0.3, -0.25) is 0 Å². The van der Waals surface area contributed by atoms with Gasteiger partial charge in [0.2, 0.25) is 0 Å². The van der Waals surface area contributed by atoms with Crippen LogP contribution >= 0.6 is 0 Å². The summed E-state index contributed by atoms with van der Waals surface area (Å²) in [5.41, 5.74) is 0.677. The highest BCUT2D eigenvalue weighted by molar-refractivity contribution is 5.83. The molecule has 0 fully saturated rings. The van der Waals surface area contributed by atoms with Gasteiger partial charge in [-0.2, -0.15) is 0 Å². The maximum absolute atomic E-state index is 13.6. The summed E-state index contributed by atoms with van der Waals surface area (Å²) in [5, 5.41) is 3.40. The predicted molar refractivity (Wildman–Crippen MR) is 62.9 cm³/mol. The number of halogens is 2. The van der Waals surface area contributed by atoms with Crippen LogP contribution in [0.5, 0.6) is 0 Å². The van der Waals surface area contributed by atoms with Crippen molar-refractivity contribution in [1.29, 1.82) is 0 Å². The van der Waals surface area contributed by atoms with E-state index in [4.69, 9.17) is 4.42 Å². The average Bonchev–Trinajstić information content (AvgIpc) is 2.64. The lowest BCUT2D eigenvalue weighted by Gasteiger charge is -2.00. The van der Waals surface area contributed by atoms with Gasteiger partial charge >= 0.3 is 0 Å². The number of nitrogens with one attached hydrogen (secondary N) is 1. The van der Waals surface area contributed by atoms with Crippen molar-refractivity contribution in [2.45, 2.75) is 26.8 Å². The van der Waals surface area contributed by atoms with Gasteiger partial charge in [0.15, 0.2) is 11.4 Å². The number of rotatable bonds is 4. The third-order valence-corrected chi connectivity index (χ3v) is 2.79. The second-order valence-electron chi connectivity index (χ2n) is 4.06. The molecule has 0 saturated carbocycles. The third-order valence-electron chi connectivity index (χ3n) is 2.79. The first-order valence-corrected chi connectivity index (χ1v) is 5.71. The molecule has 4 heteroatoms. The monoisotopic (exact) mass is 239 g/mol. The molecule has 0 spiro atoms. The van der Waals surface area contributed by atoms with Crippen molar-refractivity contribution in [2.24, 2.45) is 0 Å². The van der Waals surface area contributed by atoms with E-state index in [2.05, 4.69) is 12.2 Å². The molecule has 92 valence electrons. The summed E-state index contributed by atoms with van der Waals surface area (Å²) in [6.45, 7) is 5.14. The molecule has 0 radical (unpaired) electrons. The number of hydrogen-bond acceptors (Lipinski definition) is 2. The van der Waals surface area contributed by atoms with Crippen molar-refractivity contribution in [3.63, 3.8) is 0 Å². The van der Waals surface area contributed by atoms with E-state index >= 15 is 0 Å². The Balaban J connectivity index is 2.42. The van der Waals surface area contributed by atoms with Gasteiger partial charge in [-0.25, -0.2) is 8.78 Å². The van der Waals surface area contributed by atoms with Crippen molar-refractivity contribution in [2.75, 3.05) is 6.54 Å². The van der Waals surface area contributed by atoms with Gasteiger partial charge in [0.1, 0.15) is 11.6 Å². The fraction of sp³-hybridized carbons (Fsp3) is 0.385. The van der Waals surface area contributed by atoms with E-state index in [0.717, 1.165) is 25.1 Å². The third kappa shape index (κ3) is 2.17. The van der Waals surface area contributed by atoms with Crippen molar-refractivity contribution < 1.29 is 13.2 Å². The summed E-state index contributed by atoms with van der Waals surface area (Å²) in [6, 6.07) is 2.22. The van der Waals surface area contributed by atoms with Crippen molar-refractivity contribution in [3.05, 3.63) is 35.1 Å². The van der Waals surface area contributed by atoms with Gasteiger partial charge in [-0.15, -0.1) is 0 Å². The summed E-state index contributed by atoms with van der Waals surface area (Å²) in [5.74, 6) is -0.368. The summed E-state index contributed by atoms with van der Waals surface area (Å²) in [6.07, 6.45) is 1.00. The molecule has 2 nitrogen and oxygen atoms in total. The zero-order chi connectivity index (χ0) is 12.4. The molecule has 0 saturated heterocycles. The first-order valence-electron chi connectivity index (χ1n) is 5.71. The molecule has 2 rings (SSSR count). The highest BCUT2D eigenvalue weighted by Gasteiger charge is 2.16. The van der Waals surface area contributed by atoms with Gasteiger partial charge in [-0.05, 0) is 32.0 Å². The molecule has 0 aliphatic carbocycles. The van der Waals surface area contributed by atoms with Crippen LogP contribution in [0.1, 0.15) is 24.7 Å². The lowest BCUT2D eigenvalue weighted by Crippen LogP contribution is -2.13. The summed E-state index contributed by atoms with van der Waals surface area (Å²) >= 11 is 0. The second-order valence-corrected chi connectivity index (χ2v) is 4.06. The van der Waals surface area contributed by atoms with E-state index in [9.17, 15) is 8.78 Å². The highest BCUT2D eigenvalue weighted by atomic mass is 19.1. The Bertz CT molecular complexity index is 534. The maximum atomic E-state index is 13.6. The first kappa shape index (κ1) is 12.0. The Morgan fingerprint density at radius 2 is 1.94 bits per heavy atom. The molecule has 0 bridgehead atoms. The Kier molecular flexibility index (Phi) is 3.43. The van der Waals surface area contributed by atoms with Crippen LogP contribution in [0, 0.1) is 18.6 Å². The molecule has 1 heterocycles. The first-order chi connectivity index (χ1) is 8.15. The molecule has 0 atom stereocenters. The van der Waals surface area contributed by atoms with E-state index in [0.29, 0.717) is 17.9 Å². The van der Waals surface area contributed by atoms with E-state index in [1.165, 1.54) is 0 Å². The number of furan rings is 1. The van der Waals surface area contributed by atoms with Crippen molar-refractivity contribution in [3.8, 4) is 0 Å². The predicted octanol–water partition coefficient (Wildman–Crippen LogP) is 3.52. The van der Waals surface area contributed by atoms with Crippen LogP contribution in [0.4, 0.5) is 8.78 Å². The largest absolute Gasteiger partial charge is 0.456 e. The Hall–Kier alpha value is -1.42. The molecule has 1 aromatic heterocycles. The molecule has 0 aliphatic rings. The van der Waals surface area contributed by atoms with Gasteiger partial charge in [-0.1, -0.05) is 6.92 Å². The van der Waals surface area contributed by atoms with Crippen LogP contribution < -0.4 is 5.32 Å². The molecular formula is C13H15F2NO. The molecule has 0 unspecified atom stereocenters. The molecule has 1 aromatic carbocycles. The molecular weight excluding hydrogens is 224 g/mol. The van der Waals surface area contributed by atoms with Gasteiger partial charge < -0.3 is 9.73 Å². The second kappa shape index (κ2) is 4.84. The normalized spacial score (nSPS) is 11.3. The van der Waals surface area contributed by atoms with E-state index in [-0.39, 0.29) is 11.0 Å². The quantitative estimate of drug-likeness (QED) is 0.826. The van der Waals surface area contributed by atoms with Gasteiger partial charge in [0, 0.05) is 5.56 Å². The van der Waals surface area contributed by atoms with Gasteiger partial charge in [0.05, 0.1) is 11.9 Å². The van der Waals surface area contributed by atoms with Crippen LogP contribution in [-0.4, -0.2) is 6.54 Å². The minimum absolute atomic E-state index is 0.01000. The number of hydrogen-bond donors (Lipinski definition) is 1.